The van der Waals surface area contributed by atoms with E-state index in [4.69, 9.17) is 4.74 Å². The SMILES string of the molecule is COCCN(C(=O)CN1CCN(CC(=O)Nc2cccc(F)c2)CC1)C1=CCCCC1. The second-order valence-corrected chi connectivity index (χ2v) is 8.09. The van der Waals surface area contributed by atoms with Crippen molar-refractivity contribution in [3.05, 3.63) is 41.9 Å². The summed E-state index contributed by atoms with van der Waals surface area (Å²) >= 11 is 0. The van der Waals surface area contributed by atoms with Crippen LogP contribution in [0.2, 0.25) is 0 Å². The van der Waals surface area contributed by atoms with E-state index in [1.165, 1.54) is 18.6 Å². The van der Waals surface area contributed by atoms with Crippen LogP contribution in [0.5, 0.6) is 0 Å². The van der Waals surface area contributed by atoms with Crippen LogP contribution in [0.4, 0.5) is 10.1 Å². The van der Waals surface area contributed by atoms with Crippen LogP contribution in [0.1, 0.15) is 25.7 Å². The Labute approximate surface area is 183 Å². The lowest BCUT2D eigenvalue weighted by Gasteiger charge is -2.35. The molecule has 1 aliphatic heterocycles. The highest BCUT2D eigenvalue weighted by molar-refractivity contribution is 5.92. The number of halogens is 1. The molecule has 0 unspecified atom stereocenters. The quantitative estimate of drug-likeness (QED) is 0.649. The van der Waals surface area contributed by atoms with Gasteiger partial charge in [0, 0.05) is 51.2 Å². The van der Waals surface area contributed by atoms with Gasteiger partial charge in [-0.15, -0.1) is 0 Å². The van der Waals surface area contributed by atoms with Gasteiger partial charge in [-0.1, -0.05) is 12.1 Å². The number of carbonyl (C=O) groups is 2. The fourth-order valence-electron chi connectivity index (χ4n) is 4.03. The van der Waals surface area contributed by atoms with E-state index in [9.17, 15) is 14.0 Å². The van der Waals surface area contributed by atoms with E-state index in [-0.39, 0.29) is 24.2 Å². The van der Waals surface area contributed by atoms with Crippen molar-refractivity contribution < 1.29 is 18.7 Å². The summed E-state index contributed by atoms with van der Waals surface area (Å²) in [5.74, 6) is -0.424. The maximum absolute atomic E-state index is 13.3. The standard InChI is InChI=1S/C23H33FN4O3/c1-31-15-14-28(21-8-3-2-4-9-21)23(30)18-27-12-10-26(11-13-27)17-22(29)25-20-7-5-6-19(24)16-20/h5-8,16H,2-4,9-15,17-18H2,1H3,(H,25,29). The molecule has 3 rings (SSSR count). The van der Waals surface area contributed by atoms with E-state index in [1.807, 2.05) is 4.90 Å². The maximum atomic E-state index is 13.3. The number of allylic oxidation sites excluding steroid dienone is 2. The highest BCUT2D eigenvalue weighted by Crippen LogP contribution is 2.21. The highest BCUT2D eigenvalue weighted by atomic mass is 19.1. The first-order valence-corrected chi connectivity index (χ1v) is 11.0. The van der Waals surface area contributed by atoms with Gasteiger partial charge in [0.1, 0.15) is 5.82 Å². The first kappa shape index (κ1) is 23.4. The van der Waals surface area contributed by atoms with Gasteiger partial charge in [-0.3, -0.25) is 19.4 Å². The molecule has 0 bridgehead atoms. The Balaban J connectivity index is 1.44. The van der Waals surface area contributed by atoms with Crippen LogP contribution < -0.4 is 5.32 Å². The lowest BCUT2D eigenvalue weighted by molar-refractivity contribution is -0.132. The van der Waals surface area contributed by atoms with Gasteiger partial charge in [0.25, 0.3) is 0 Å². The Morgan fingerprint density at radius 1 is 1.13 bits per heavy atom. The molecule has 1 aromatic carbocycles. The van der Waals surface area contributed by atoms with Crippen LogP contribution in [0.25, 0.3) is 0 Å². The molecule has 170 valence electrons. The van der Waals surface area contributed by atoms with E-state index in [1.54, 1.807) is 19.2 Å². The zero-order chi connectivity index (χ0) is 22.1. The third-order valence-electron chi connectivity index (χ3n) is 5.73. The highest BCUT2D eigenvalue weighted by Gasteiger charge is 2.25. The average Bonchev–Trinajstić information content (AvgIpc) is 2.76. The minimum atomic E-state index is -0.375. The molecule has 0 aromatic heterocycles. The number of amides is 2. The maximum Gasteiger partial charge on any atom is 0.240 e. The van der Waals surface area contributed by atoms with Gasteiger partial charge in [-0.05, 0) is 43.9 Å². The summed E-state index contributed by atoms with van der Waals surface area (Å²) in [5, 5.41) is 2.73. The first-order chi connectivity index (χ1) is 15.0. The number of nitrogens with one attached hydrogen (secondary N) is 1. The monoisotopic (exact) mass is 432 g/mol. The van der Waals surface area contributed by atoms with Crippen molar-refractivity contribution in [3.63, 3.8) is 0 Å². The van der Waals surface area contributed by atoms with Crippen LogP contribution in [0.15, 0.2) is 36.0 Å². The van der Waals surface area contributed by atoms with Crippen LogP contribution in [0, 0.1) is 5.82 Å². The summed E-state index contributed by atoms with van der Waals surface area (Å²) in [5.41, 5.74) is 1.59. The number of carbonyl (C=O) groups excluding carboxylic acids is 2. The molecule has 8 heteroatoms. The number of hydrogen-bond acceptors (Lipinski definition) is 5. The van der Waals surface area contributed by atoms with Crippen LogP contribution in [-0.2, 0) is 14.3 Å². The Kier molecular flexibility index (Phi) is 8.99. The third-order valence-corrected chi connectivity index (χ3v) is 5.73. The molecule has 0 radical (unpaired) electrons. The van der Waals surface area contributed by atoms with Crippen molar-refractivity contribution in [2.75, 3.05) is 64.8 Å². The molecule has 0 saturated carbocycles. The van der Waals surface area contributed by atoms with Gasteiger partial charge < -0.3 is 15.0 Å². The molecule has 0 atom stereocenters. The molecule has 0 spiro atoms. The molecule has 2 aliphatic rings. The van der Waals surface area contributed by atoms with E-state index in [2.05, 4.69) is 21.2 Å². The molecule has 2 amide bonds. The fraction of sp³-hybridized carbons (Fsp3) is 0.565. The molecular weight excluding hydrogens is 399 g/mol. The van der Waals surface area contributed by atoms with Gasteiger partial charge in [0.2, 0.25) is 11.8 Å². The van der Waals surface area contributed by atoms with Gasteiger partial charge in [-0.2, -0.15) is 0 Å². The van der Waals surface area contributed by atoms with Gasteiger partial charge >= 0.3 is 0 Å². The van der Waals surface area contributed by atoms with Crippen molar-refractivity contribution in [2.24, 2.45) is 0 Å². The average molecular weight is 433 g/mol. The number of ether oxygens (including phenoxy) is 1. The van der Waals surface area contributed by atoms with Gasteiger partial charge in [0.15, 0.2) is 0 Å². The van der Waals surface area contributed by atoms with E-state index in [0.717, 1.165) is 38.0 Å². The predicted octanol–water partition coefficient (Wildman–Crippen LogP) is 2.31. The predicted molar refractivity (Wildman–Crippen MR) is 118 cm³/mol. The van der Waals surface area contributed by atoms with Crippen molar-refractivity contribution in [1.82, 2.24) is 14.7 Å². The van der Waals surface area contributed by atoms with Gasteiger partial charge in [0.05, 0.1) is 19.7 Å². The lowest BCUT2D eigenvalue weighted by Crippen LogP contribution is -2.51. The smallest absolute Gasteiger partial charge is 0.240 e. The number of piperazine rings is 1. The molecule has 31 heavy (non-hydrogen) atoms. The first-order valence-electron chi connectivity index (χ1n) is 11.0. The zero-order valence-electron chi connectivity index (χ0n) is 18.3. The molecule has 1 fully saturated rings. The van der Waals surface area contributed by atoms with Crippen LogP contribution >= 0.6 is 0 Å². The third kappa shape index (κ3) is 7.41. The molecular formula is C23H33FN4O3. The number of benzene rings is 1. The number of anilines is 1. The summed E-state index contributed by atoms with van der Waals surface area (Å²) in [4.78, 5) is 31.3. The van der Waals surface area contributed by atoms with Crippen LogP contribution in [-0.4, -0.2) is 86.0 Å². The largest absolute Gasteiger partial charge is 0.383 e. The summed E-state index contributed by atoms with van der Waals surface area (Å²) in [6, 6.07) is 5.89. The number of nitrogens with zero attached hydrogens (tertiary/aromatic N) is 3. The number of methoxy groups -OCH3 is 1. The van der Waals surface area contributed by atoms with Crippen molar-refractivity contribution in [1.29, 1.82) is 0 Å². The number of hydrogen-bond donors (Lipinski definition) is 1. The normalized spacial score (nSPS) is 17.8. The summed E-state index contributed by atoms with van der Waals surface area (Å²) in [6.45, 7) is 4.63. The molecule has 1 saturated heterocycles. The summed E-state index contributed by atoms with van der Waals surface area (Å²) < 4.78 is 18.5. The molecule has 1 aromatic rings. The minimum absolute atomic E-state index is 0.113. The Hall–Kier alpha value is -2.29. The molecule has 1 aliphatic carbocycles. The molecule has 1 N–H and O–H groups in total. The second-order valence-electron chi connectivity index (χ2n) is 8.09. The van der Waals surface area contributed by atoms with E-state index < -0.39 is 0 Å². The Morgan fingerprint density at radius 3 is 2.52 bits per heavy atom. The zero-order valence-corrected chi connectivity index (χ0v) is 18.3. The minimum Gasteiger partial charge on any atom is -0.383 e. The topological polar surface area (TPSA) is 65.1 Å². The fourth-order valence-corrected chi connectivity index (χ4v) is 4.03. The van der Waals surface area contributed by atoms with E-state index >= 15 is 0 Å². The van der Waals surface area contributed by atoms with E-state index in [0.29, 0.717) is 38.5 Å². The molecule has 1 heterocycles. The summed E-state index contributed by atoms with van der Waals surface area (Å²) in [6.07, 6.45) is 6.47. The summed E-state index contributed by atoms with van der Waals surface area (Å²) in [7, 11) is 1.65. The lowest BCUT2D eigenvalue weighted by atomic mass is 10.0. The van der Waals surface area contributed by atoms with Gasteiger partial charge in [-0.25, -0.2) is 4.39 Å². The Morgan fingerprint density at radius 2 is 1.87 bits per heavy atom. The second kappa shape index (κ2) is 11.9. The van der Waals surface area contributed by atoms with Crippen molar-refractivity contribution in [2.45, 2.75) is 25.7 Å². The van der Waals surface area contributed by atoms with Crippen molar-refractivity contribution in [3.8, 4) is 0 Å². The van der Waals surface area contributed by atoms with Crippen LogP contribution in [0.3, 0.4) is 0 Å². The van der Waals surface area contributed by atoms with Crippen molar-refractivity contribution >= 4 is 17.5 Å². The number of rotatable bonds is 9. The Bertz CT molecular complexity index is 778. The molecule has 7 nitrogen and oxygen atoms in total.